The topological polar surface area (TPSA) is 66.4 Å². The van der Waals surface area contributed by atoms with Gasteiger partial charge in [-0.15, -0.1) is 0 Å². The Morgan fingerprint density at radius 3 is 2.50 bits per heavy atom. The molecule has 4 nitrogen and oxygen atoms in total. The molecule has 4 heteroatoms. The summed E-state index contributed by atoms with van der Waals surface area (Å²) in [5.41, 5.74) is 0.932. The number of benzene rings is 1. The first-order chi connectivity index (χ1) is 8.56. The fraction of sp³-hybridized carbons (Fsp3) is 0.429. The Hall–Kier alpha value is -1.84. The average molecular weight is 249 g/mol. The van der Waals surface area contributed by atoms with E-state index in [-0.39, 0.29) is 23.9 Å². The Labute approximate surface area is 107 Å². The van der Waals surface area contributed by atoms with Crippen molar-refractivity contribution < 1.29 is 14.7 Å². The van der Waals surface area contributed by atoms with Gasteiger partial charge in [-0.2, -0.15) is 0 Å². The van der Waals surface area contributed by atoms with E-state index < -0.39 is 5.97 Å². The smallest absolute Gasteiger partial charge is 0.335 e. The second kappa shape index (κ2) is 6.79. The molecule has 1 aromatic rings. The van der Waals surface area contributed by atoms with Crippen molar-refractivity contribution in [3.63, 3.8) is 0 Å². The molecule has 1 rings (SSSR count). The lowest BCUT2D eigenvalue weighted by Gasteiger charge is -2.14. The van der Waals surface area contributed by atoms with Crippen molar-refractivity contribution in [2.24, 2.45) is 0 Å². The molecule has 18 heavy (non-hydrogen) atoms. The minimum atomic E-state index is -0.975. The summed E-state index contributed by atoms with van der Waals surface area (Å²) in [5.74, 6) is -1.04. The number of nitrogens with one attached hydrogen (secondary N) is 1. The van der Waals surface area contributed by atoms with Crippen LogP contribution >= 0.6 is 0 Å². The van der Waals surface area contributed by atoms with Gasteiger partial charge in [0.2, 0.25) is 5.91 Å². The van der Waals surface area contributed by atoms with Crippen molar-refractivity contribution in [2.45, 2.75) is 39.2 Å². The van der Waals surface area contributed by atoms with Crippen LogP contribution in [0.15, 0.2) is 24.3 Å². The van der Waals surface area contributed by atoms with Gasteiger partial charge in [0.1, 0.15) is 0 Å². The summed E-state index contributed by atoms with van der Waals surface area (Å²) in [7, 11) is 0. The molecular formula is C14H19NO3. The van der Waals surface area contributed by atoms with Gasteiger partial charge >= 0.3 is 5.97 Å². The highest BCUT2D eigenvalue weighted by Crippen LogP contribution is 2.07. The molecule has 1 amide bonds. The predicted molar refractivity (Wildman–Crippen MR) is 69.6 cm³/mol. The first-order valence-electron chi connectivity index (χ1n) is 6.18. The van der Waals surface area contributed by atoms with Gasteiger partial charge in [0.25, 0.3) is 0 Å². The van der Waals surface area contributed by atoms with Crippen molar-refractivity contribution in [1.29, 1.82) is 0 Å². The summed E-state index contributed by atoms with van der Waals surface area (Å²) in [6, 6.07) is 6.67. The largest absolute Gasteiger partial charge is 0.478 e. The molecule has 0 aromatic heterocycles. The van der Waals surface area contributed by atoms with Crippen molar-refractivity contribution in [3.05, 3.63) is 35.4 Å². The van der Waals surface area contributed by atoms with Crippen molar-refractivity contribution in [1.82, 2.24) is 5.32 Å². The molecule has 0 aliphatic carbocycles. The summed E-state index contributed by atoms with van der Waals surface area (Å²) in [6.45, 7) is 4.05. The van der Waals surface area contributed by atoms with E-state index in [1.807, 2.05) is 13.8 Å². The van der Waals surface area contributed by atoms with E-state index in [1.54, 1.807) is 12.1 Å². The molecule has 98 valence electrons. The second-order valence-corrected chi connectivity index (χ2v) is 4.26. The molecule has 0 aliphatic heterocycles. The molecular weight excluding hydrogens is 230 g/mol. The number of carbonyl (C=O) groups is 2. The van der Waals surface area contributed by atoms with E-state index in [4.69, 9.17) is 5.11 Å². The van der Waals surface area contributed by atoms with Crippen LogP contribution in [0.1, 0.15) is 42.6 Å². The number of carbonyl (C=O) groups excluding carboxylic acids is 1. The molecule has 0 spiro atoms. The number of hydrogen-bond acceptors (Lipinski definition) is 2. The number of rotatable bonds is 6. The fourth-order valence-electron chi connectivity index (χ4n) is 1.77. The van der Waals surface area contributed by atoms with Gasteiger partial charge in [0.05, 0.1) is 12.0 Å². The SMILES string of the molecule is CCC(CC)NC(=O)Cc1cccc(C(=O)O)c1. The highest BCUT2D eigenvalue weighted by molar-refractivity contribution is 5.88. The lowest BCUT2D eigenvalue weighted by atomic mass is 10.1. The van der Waals surface area contributed by atoms with Gasteiger partial charge in [-0.1, -0.05) is 26.0 Å². The number of aromatic carboxylic acids is 1. The van der Waals surface area contributed by atoms with Gasteiger partial charge in [-0.3, -0.25) is 4.79 Å². The lowest BCUT2D eigenvalue weighted by Crippen LogP contribution is -2.34. The van der Waals surface area contributed by atoms with Crippen LogP contribution in [0.5, 0.6) is 0 Å². The molecule has 1 aromatic carbocycles. The Morgan fingerprint density at radius 2 is 1.94 bits per heavy atom. The number of amides is 1. The lowest BCUT2D eigenvalue weighted by molar-refractivity contribution is -0.121. The highest BCUT2D eigenvalue weighted by Gasteiger charge is 2.10. The Balaban J connectivity index is 2.64. The summed E-state index contributed by atoms with van der Waals surface area (Å²) >= 11 is 0. The van der Waals surface area contributed by atoms with Crippen LogP contribution in [0.2, 0.25) is 0 Å². The van der Waals surface area contributed by atoms with E-state index in [9.17, 15) is 9.59 Å². The average Bonchev–Trinajstić information content (AvgIpc) is 2.36. The van der Waals surface area contributed by atoms with Gasteiger partial charge in [-0.25, -0.2) is 4.79 Å². The summed E-state index contributed by atoms with van der Waals surface area (Å²) in [5, 5.41) is 11.8. The third-order valence-corrected chi connectivity index (χ3v) is 2.89. The number of hydrogen-bond donors (Lipinski definition) is 2. The van der Waals surface area contributed by atoms with Crippen molar-refractivity contribution >= 4 is 11.9 Å². The van der Waals surface area contributed by atoms with Crippen LogP contribution in [-0.2, 0) is 11.2 Å². The van der Waals surface area contributed by atoms with Crippen LogP contribution in [0.3, 0.4) is 0 Å². The van der Waals surface area contributed by atoms with E-state index in [2.05, 4.69) is 5.32 Å². The first kappa shape index (κ1) is 14.2. The second-order valence-electron chi connectivity index (χ2n) is 4.26. The van der Waals surface area contributed by atoms with Crippen LogP contribution in [-0.4, -0.2) is 23.0 Å². The van der Waals surface area contributed by atoms with E-state index >= 15 is 0 Å². The zero-order valence-electron chi connectivity index (χ0n) is 10.8. The maximum atomic E-state index is 11.8. The van der Waals surface area contributed by atoms with Gasteiger partial charge in [0.15, 0.2) is 0 Å². The zero-order chi connectivity index (χ0) is 13.5. The minimum absolute atomic E-state index is 0.0637. The maximum absolute atomic E-state index is 11.8. The maximum Gasteiger partial charge on any atom is 0.335 e. The molecule has 0 unspecified atom stereocenters. The molecule has 0 aliphatic rings. The monoisotopic (exact) mass is 249 g/mol. The molecule has 0 atom stereocenters. The molecule has 0 saturated carbocycles. The Morgan fingerprint density at radius 1 is 1.28 bits per heavy atom. The molecule has 2 N–H and O–H groups in total. The van der Waals surface area contributed by atoms with Gasteiger partial charge < -0.3 is 10.4 Å². The normalized spacial score (nSPS) is 10.4. The van der Waals surface area contributed by atoms with Gasteiger partial charge in [0, 0.05) is 6.04 Å². The third-order valence-electron chi connectivity index (χ3n) is 2.89. The quantitative estimate of drug-likeness (QED) is 0.812. The molecule has 0 fully saturated rings. The van der Waals surface area contributed by atoms with Gasteiger partial charge in [-0.05, 0) is 30.5 Å². The molecule has 0 heterocycles. The van der Waals surface area contributed by atoms with E-state index in [1.165, 1.54) is 12.1 Å². The first-order valence-corrected chi connectivity index (χ1v) is 6.18. The molecule has 0 bridgehead atoms. The van der Waals surface area contributed by atoms with Crippen molar-refractivity contribution in [3.8, 4) is 0 Å². The van der Waals surface area contributed by atoms with E-state index in [0.29, 0.717) is 0 Å². The summed E-state index contributed by atoms with van der Waals surface area (Å²) < 4.78 is 0. The van der Waals surface area contributed by atoms with E-state index in [0.717, 1.165) is 18.4 Å². The Bertz CT molecular complexity index is 425. The summed E-state index contributed by atoms with van der Waals surface area (Å²) in [4.78, 5) is 22.6. The van der Waals surface area contributed by atoms with Crippen LogP contribution < -0.4 is 5.32 Å². The number of carboxylic acid groups (broad SMARTS) is 1. The number of carboxylic acids is 1. The molecule has 0 radical (unpaired) electrons. The summed E-state index contributed by atoms with van der Waals surface area (Å²) in [6.07, 6.45) is 2.02. The zero-order valence-corrected chi connectivity index (χ0v) is 10.8. The third kappa shape index (κ3) is 4.20. The van der Waals surface area contributed by atoms with Crippen LogP contribution in [0, 0.1) is 0 Å². The predicted octanol–water partition coefficient (Wildman–Crippen LogP) is 2.23. The standard InChI is InChI=1S/C14H19NO3/c1-3-12(4-2)15-13(16)9-10-6-5-7-11(8-10)14(17)18/h5-8,12H,3-4,9H2,1-2H3,(H,15,16)(H,17,18). The molecule has 0 saturated heterocycles. The minimum Gasteiger partial charge on any atom is -0.478 e. The highest BCUT2D eigenvalue weighted by atomic mass is 16.4. The fourth-order valence-corrected chi connectivity index (χ4v) is 1.77. The van der Waals surface area contributed by atoms with Crippen LogP contribution in [0.25, 0.3) is 0 Å². The van der Waals surface area contributed by atoms with Crippen LogP contribution in [0.4, 0.5) is 0 Å². The van der Waals surface area contributed by atoms with Crippen molar-refractivity contribution in [2.75, 3.05) is 0 Å². The Kier molecular flexibility index (Phi) is 5.36.